The summed E-state index contributed by atoms with van der Waals surface area (Å²) in [5, 5.41) is 4.31. The van der Waals surface area contributed by atoms with E-state index in [-0.39, 0.29) is 31.0 Å². The van der Waals surface area contributed by atoms with Gasteiger partial charge in [-0.25, -0.2) is 4.79 Å². The summed E-state index contributed by atoms with van der Waals surface area (Å²) in [4.78, 5) is 38.4. The van der Waals surface area contributed by atoms with Gasteiger partial charge in [-0.2, -0.15) is 0 Å². The Kier molecular flexibility index (Phi) is 4.87. The molecule has 0 spiro atoms. The Labute approximate surface area is 162 Å². The number of nitrogens with one attached hydrogen (secondary N) is 1. The molecule has 8 heteroatoms. The fourth-order valence-corrected chi connectivity index (χ4v) is 3.52. The first-order valence-corrected chi connectivity index (χ1v) is 9.09. The molecule has 0 bridgehead atoms. The van der Waals surface area contributed by atoms with Crippen molar-refractivity contribution in [1.82, 2.24) is 15.1 Å². The quantitative estimate of drug-likeness (QED) is 0.804. The monoisotopic (exact) mass is 383 g/mol. The number of carbonyl (C=O) groups excluding carboxylic acids is 3. The molecule has 4 amide bonds. The Morgan fingerprint density at radius 2 is 2.00 bits per heavy atom. The molecule has 0 aliphatic carbocycles. The van der Waals surface area contributed by atoms with Gasteiger partial charge in [0.05, 0.1) is 20.3 Å². The van der Waals surface area contributed by atoms with Crippen LogP contribution < -0.4 is 10.1 Å². The van der Waals surface area contributed by atoms with Crippen LogP contribution in [-0.2, 0) is 14.3 Å². The summed E-state index contributed by atoms with van der Waals surface area (Å²) in [6.45, 7) is 1.10. The molecular weight excluding hydrogens is 362 g/mol. The second-order valence-corrected chi connectivity index (χ2v) is 6.88. The Bertz CT molecular complexity index is 945. The van der Waals surface area contributed by atoms with Crippen molar-refractivity contribution in [3.63, 3.8) is 0 Å². The van der Waals surface area contributed by atoms with Gasteiger partial charge in [0.15, 0.2) is 0 Å². The third-order valence-corrected chi connectivity index (χ3v) is 5.06. The van der Waals surface area contributed by atoms with Gasteiger partial charge in [-0.05, 0) is 34.5 Å². The number of methoxy groups -OCH3 is 1. The largest absolute Gasteiger partial charge is 0.497 e. The fraction of sp³-hybridized carbons (Fsp3) is 0.350. The zero-order valence-corrected chi connectivity index (χ0v) is 15.5. The van der Waals surface area contributed by atoms with E-state index in [4.69, 9.17) is 9.47 Å². The SMILES string of the molecule is COc1ccc2cc([C@H]3CN(C(=O)CN4CC(=O)NC4=O)CCO3)ccc2c1. The van der Waals surface area contributed by atoms with E-state index >= 15 is 0 Å². The van der Waals surface area contributed by atoms with Crippen molar-refractivity contribution in [3.05, 3.63) is 42.0 Å². The number of nitrogens with zero attached hydrogens (tertiary/aromatic N) is 2. The van der Waals surface area contributed by atoms with Gasteiger partial charge in [0, 0.05) is 6.54 Å². The maximum absolute atomic E-state index is 12.6. The van der Waals surface area contributed by atoms with Crippen LogP contribution in [0.15, 0.2) is 36.4 Å². The summed E-state index contributed by atoms with van der Waals surface area (Å²) in [5.41, 5.74) is 0.990. The number of urea groups is 1. The lowest BCUT2D eigenvalue weighted by Crippen LogP contribution is -2.47. The molecule has 2 aliphatic heterocycles. The number of amides is 4. The van der Waals surface area contributed by atoms with E-state index in [1.807, 2.05) is 30.3 Å². The number of hydrogen-bond acceptors (Lipinski definition) is 5. The minimum atomic E-state index is -0.520. The van der Waals surface area contributed by atoms with Crippen molar-refractivity contribution in [3.8, 4) is 5.75 Å². The third kappa shape index (κ3) is 3.63. The van der Waals surface area contributed by atoms with Crippen molar-refractivity contribution in [2.75, 3.05) is 39.9 Å². The van der Waals surface area contributed by atoms with Gasteiger partial charge in [0.1, 0.15) is 24.9 Å². The number of ether oxygens (including phenoxy) is 2. The highest BCUT2D eigenvalue weighted by Gasteiger charge is 2.32. The van der Waals surface area contributed by atoms with Gasteiger partial charge >= 0.3 is 6.03 Å². The Hall–Kier alpha value is -3.13. The molecule has 28 heavy (non-hydrogen) atoms. The van der Waals surface area contributed by atoms with Gasteiger partial charge in [0.2, 0.25) is 11.8 Å². The molecule has 2 aliphatic rings. The topological polar surface area (TPSA) is 88.2 Å². The molecule has 0 unspecified atom stereocenters. The average molecular weight is 383 g/mol. The summed E-state index contributed by atoms with van der Waals surface area (Å²) in [6, 6.07) is 11.4. The van der Waals surface area contributed by atoms with Crippen molar-refractivity contribution in [2.45, 2.75) is 6.10 Å². The third-order valence-electron chi connectivity index (χ3n) is 5.06. The number of morpholine rings is 1. The maximum atomic E-state index is 12.6. The smallest absolute Gasteiger partial charge is 0.325 e. The lowest BCUT2D eigenvalue weighted by atomic mass is 10.0. The van der Waals surface area contributed by atoms with Gasteiger partial charge in [-0.1, -0.05) is 18.2 Å². The number of imide groups is 1. The van der Waals surface area contributed by atoms with Gasteiger partial charge in [-0.3, -0.25) is 14.9 Å². The summed E-state index contributed by atoms with van der Waals surface area (Å²) >= 11 is 0. The summed E-state index contributed by atoms with van der Waals surface area (Å²) in [7, 11) is 1.64. The van der Waals surface area contributed by atoms with Crippen molar-refractivity contribution in [1.29, 1.82) is 0 Å². The number of fused-ring (bicyclic) bond motifs is 1. The van der Waals surface area contributed by atoms with Crippen LogP contribution in [0.25, 0.3) is 10.8 Å². The van der Waals surface area contributed by atoms with E-state index in [1.165, 1.54) is 4.90 Å². The van der Waals surface area contributed by atoms with Gasteiger partial charge in [-0.15, -0.1) is 0 Å². The van der Waals surface area contributed by atoms with E-state index in [9.17, 15) is 14.4 Å². The minimum Gasteiger partial charge on any atom is -0.497 e. The first-order valence-electron chi connectivity index (χ1n) is 9.09. The van der Waals surface area contributed by atoms with Crippen LogP contribution in [0, 0.1) is 0 Å². The standard InChI is InChI=1S/C20H21N3O5/c1-27-16-5-4-13-8-15(3-2-14(13)9-16)17-10-22(6-7-28-17)19(25)12-23-11-18(24)21-20(23)26/h2-5,8-9,17H,6-7,10-12H2,1H3,(H,21,24,26)/t17-/m1/s1. The fourth-order valence-electron chi connectivity index (χ4n) is 3.52. The number of rotatable bonds is 4. The zero-order chi connectivity index (χ0) is 19.7. The van der Waals surface area contributed by atoms with Crippen LogP contribution in [0.4, 0.5) is 4.79 Å². The maximum Gasteiger partial charge on any atom is 0.325 e. The molecule has 0 aromatic heterocycles. The predicted molar refractivity (Wildman–Crippen MR) is 101 cm³/mol. The molecule has 2 aromatic rings. The highest BCUT2D eigenvalue weighted by Crippen LogP contribution is 2.28. The molecule has 0 saturated carbocycles. The van der Waals surface area contributed by atoms with E-state index in [0.29, 0.717) is 19.7 Å². The number of carbonyl (C=O) groups is 3. The Morgan fingerprint density at radius 1 is 1.21 bits per heavy atom. The second kappa shape index (κ2) is 7.47. The molecule has 8 nitrogen and oxygen atoms in total. The minimum absolute atomic E-state index is 0.0769. The molecule has 2 heterocycles. The van der Waals surface area contributed by atoms with Crippen molar-refractivity contribution in [2.24, 2.45) is 0 Å². The molecule has 1 N–H and O–H groups in total. The molecular formula is C20H21N3O5. The Morgan fingerprint density at radius 3 is 2.75 bits per heavy atom. The zero-order valence-electron chi connectivity index (χ0n) is 15.5. The molecule has 0 radical (unpaired) electrons. The number of hydrogen-bond donors (Lipinski definition) is 1. The lowest BCUT2D eigenvalue weighted by Gasteiger charge is -2.34. The second-order valence-electron chi connectivity index (χ2n) is 6.88. The summed E-state index contributed by atoms with van der Waals surface area (Å²) < 4.78 is 11.1. The van der Waals surface area contributed by atoms with Crippen molar-refractivity contribution < 1.29 is 23.9 Å². The van der Waals surface area contributed by atoms with Crippen LogP contribution in [-0.4, -0.2) is 67.5 Å². The van der Waals surface area contributed by atoms with Crippen LogP contribution in [0.5, 0.6) is 5.75 Å². The van der Waals surface area contributed by atoms with Crippen LogP contribution in [0.3, 0.4) is 0 Å². The summed E-state index contributed by atoms with van der Waals surface area (Å²) in [5.74, 6) is 0.226. The molecule has 2 fully saturated rings. The lowest BCUT2D eigenvalue weighted by molar-refractivity contribution is -0.139. The van der Waals surface area contributed by atoms with E-state index < -0.39 is 6.03 Å². The highest BCUT2D eigenvalue weighted by atomic mass is 16.5. The molecule has 2 saturated heterocycles. The first-order chi connectivity index (χ1) is 13.5. The average Bonchev–Trinajstić information content (AvgIpc) is 3.03. The van der Waals surface area contributed by atoms with Crippen LogP contribution in [0.1, 0.15) is 11.7 Å². The highest BCUT2D eigenvalue weighted by molar-refractivity contribution is 6.03. The Balaban J connectivity index is 1.46. The molecule has 4 rings (SSSR count). The van der Waals surface area contributed by atoms with Gasteiger partial charge < -0.3 is 19.3 Å². The predicted octanol–water partition coefficient (Wildman–Crippen LogP) is 1.30. The normalized spacial score (nSPS) is 19.8. The molecule has 1 atom stereocenters. The first kappa shape index (κ1) is 18.2. The number of benzene rings is 2. The van der Waals surface area contributed by atoms with Gasteiger partial charge in [0.25, 0.3) is 0 Å². The van der Waals surface area contributed by atoms with E-state index in [0.717, 1.165) is 22.1 Å². The van der Waals surface area contributed by atoms with E-state index in [2.05, 4.69) is 11.4 Å². The molecule has 2 aromatic carbocycles. The van der Waals surface area contributed by atoms with E-state index in [1.54, 1.807) is 12.0 Å². The van der Waals surface area contributed by atoms with Crippen molar-refractivity contribution >= 4 is 28.6 Å². The molecule has 146 valence electrons. The summed E-state index contributed by atoms with van der Waals surface area (Å²) in [6.07, 6.45) is -0.238. The van der Waals surface area contributed by atoms with Crippen LogP contribution in [0.2, 0.25) is 0 Å². The van der Waals surface area contributed by atoms with Crippen LogP contribution >= 0.6 is 0 Å².